The molecule has 3 aliphatic heterocycles. The molecule has 4 aliphatic rings. The first-order valence-electron chi connectivity index (χ1n) is 14.4. The van der Waals surface area contributed by atoms with Crippen molar-refractivity contribution in [3.05, 3.63) is 70.5 Å². The zero-order valence-corrected chi connectivity index (χ0v) is 23.9. The highest BCUT2D eigenvalue weighted by Gasteiger charge is 2.37. The molecule has 0 spiro atoms. The van der Waals surface area contributed by atoms with Gasteiger partial charge in [-0.2, -0.15) is 5.10 Å². The van der Waals surface area contributed by atoms with Gasteiger partial charge in [0.15, 0.2) is 18.1 Å². The van der Waals surface area contributed by atoms with E-state index in [9.17, 15) is 14.4 Å². The molecule has 11 nitrogen and oxygen atoms in total. The van der Waals surface area contributed by atoms with Crippen LogP contribution in [0.4, 0.5) is 0 Å². The Morgan fingerprint density at radius 1 is 1.10 bits per heavy atom. The molecule has 1 aliphatic carbocycles. The first-order chi connectivity index (χ1) is 20.4. The van der Waals surface area contributed by atoms with Crippen LogP contribution < -0.4 is 24.8 Å². The van der Waals surface area contributed by atoms with Crippen LogP contribution in [-0.2, 0) is 31.2 Å². The monoisotopic (exact) mass is 573 g/mol. The number of aryl methyl sites for hydroxylation is 2. The number of piperidine rings is 1. The number of carbonyl (C=O) groups excluding carboxylic acids is 3. The van der Waals surface area contributed by atoms with Crippen LogP contribution in [0.3, 0.4) is 0 Å². The van der Waals surface area contributed by atoms with Gasteiger partial charge in [0, 0.05) is 44.2 Å². The van der Waals surface area contributed by atoms with Crippen LogP contribution in [-0.4, -0.2) is 71.4 Å². The standard InChI is InChI=1S/C31H35N5O6/c1-35-29(22-5-3-4-6-23(22)34-35)31(39)36-14-13-25-24(17-36)33-30(38)20-9-12-26(40-2)27(15-20)41-18-28(37)32-16-19-7-10-21(42-25)11-8-19/h7-12,15,24-25H,3-6,13-14,16-18H2,1-2H3,(H,32,37)(H,33,38)/t24-,25+/m0/s1. The minimum Gasteiger partial charge on any atom is -0.493 e. The van der Waals surface area contributed by atoms with E-state index in [2.05, 4.69) is 15.7 Å². The van der Waals surface area contributed by atoms with Gasteiger partial charge < -0.3 is 29.7 Å². The van der Waals surface area contributed by atoms with Gasteiger partial charge >= 0.3 is 0 Å². The summed E-state index contributed by atoms with van der Waals surface area (Å²) in [5, 5.41) is 10.6. The van der Waals surface area contributed by atoms with Gasteiger partial charge in [0.05, 0.1) is 18.8 Å². The van der Waals surface area contributed by atoms with Gasteiger partial charge in [0.25, 0.3) is 17.7 Å². The molecule has 1 saturated heterocycles. The van der Waals surface area contributed by atoms with Gasteiger partial charge in [-0.3, -0.25) is 19.1 Å². The lowest BCUT2D eigenvalue weighted by atomic mass is 9.94. The summed E-state index contributed by atoms with van der Waals surface area (Å²) in [7, 11) is 3.32. The fourth-order valence-electron chi connectivity index (χ4n) is 5.93. The highest BCUT2D eigenvalue weighted by molar-refractivity contribution is 5.96. The van der Waals surface area contributed by atoms with Crippen molar-refractivity contribution >= 4 is 17.7 Å². The maximum absolute atomic E-state index is 13.9. The molecule has 7 rings (SSSR count). The first kappa shape index (κ1) is 27.6. The van der Waals surface area contributed by atoms with Crippen LogP contribution in [0, 0.1) is 0 Å². The number of rotatable bonds is 2. The number of amides is 3. The smallest absolute Gasteiger partial charge is 0.272 e. The average Bonchev–Trinajstić information content (AvgIpc) is 3.35. The van der Waals surface area contributed by atoms with Crippen LogP contribution in [0.1, 0.15) is 56.9 Å². The molecule has 220 valence electrons. The maximum atomic E-state index is 13.9. The predicted octanol–water partition coefficient (Wildman–Crippen LogP) is 2.41. The Kier molecular flexibility index (Phi) is 7.73. The van der Waals surface area contributed by atoms with E-state index in [1.807, 2.05) is 31.3 Å². The summed E-state index contributed by atoms with van der Waals surface area (Å²) < 4.78 is 19.2. The lowest BCUT2D eigenvalue weighted by Gasteiger charge is -2.39. The molecule has 0 saturated carbocycles. The van der Waals surface area contributed by atoms with Crippen LogP contribution >= 0.6 is 0 Å². The zero-order valence-electron chi connectivity index (χ0n) is 23.9. The van der Waals surface area contributed by atoms with E-state index >= 15 is 0 Å². The van der Waals surface area contributed by atoms with E-state index < -0.39 is 6.04 Å². The Hall–Kier alpha value is -4.54. The van der Waals surface area contributed by atoms with Crippen molar-refractivity contribution in [3.63, 3.8) is 0 Å². The normalized spacial score (nSPS) is 20.7. The van der Waals surface area contributed by atoms with E-state index in [0.29, 0.717) is 42.3 Å². The number of hydrogen-bond acceptors (Lipinski definition) is 7. The third-order valence-corrected chi connectivity index (χ3v) is 8.16. The molecule has 1 aromatic heterocycles. The van der Waals surface area contributed by atoms with Crippen molar-refractivity contribution in [2.45, 2.75) is 50.8 Å². The Bertz CT molecular complexity index is 1500. The molecule has 42 heavy (non-hydrogen) atoms. The second-order valence-corrected chi connectivity index (χ2v) is 11.0. The molecular weight excluding hydrogens is 538 g/mol. The third-order valence-electron chi connectivity index (χ3n) is 8.16. The lowest BCUT2D eigenvalue weighted by Crippen LogP contribution is -2.58. The molecule has 0 radical (unpaired) electrons. The fraction of sp³-hybridized carbons (Fsp3) is 0.419. The number of likely N-dealkylation sites (tertiary alicyclic amines) is 1. The molecule has 11 heteroatoms. The molecule has 3 aromatic rings. The number of hydrogen-bond donors (Lipinski definition) is 2. The second-order valence-electron chi connectivity index (χ2n) is 11.0. The quantitative estimate of drug-likeness (QED) is 0.483. The van der Waals surface area contributed by atoms with Crippen LogP contribution in [0.25, 0.3) is 0 Å². The second kappa shape index (κ2) is 11.8. The van der Waals surface area contributed by atoms with Crippen molar-refractivity contribution < 1.29 is 28.6 Å². The van der Waals surface area contributed by atoms with Gasteiger partial charge in [-0.25, -0.2) is 0 Å². The van der Waals surface area contributed by atoms with E-state index in [1.54, 1.807) is 27.8 Å². The number of aromatic nitrogens is 2. The Labute approximate surface area is 244 Å². The van der Waals surface area contributed by atoms with Crippen molar-refractivity contribution in [1.82, 2.24) is 25.3 Å². The van der Waals surface area contributed by atoms with Crippen LogP contribution in [0.2, 0.25) is 0 Å². The minimum absolute atomic E-state index is 0.0779. The first-order valence-corrected chi connectivity index (χ1v) is 14.4. The van der Waals surface area contributed by atoms with Crippen LogP contribution in [0.15, 0.2) is 42.5 Å². The van der Waals surface area contributed by atoms with Gasteiger partial charge in [-0.05, 0) is 61.6 Å². The Morgan fingerprint density at radius 2 is 1.90 bits per heavy atom. The third kappa shape index (κ3) is 5.63. The summed E-state index contributed by atoms with van der Waals surface area (Å²) in [6, 6.07) is 11.8. The zero-order chi connectivity index (χ0) is 29.2. The summed E-state index contributed by atoms with van der Waals surface area (Å²) in [5.74, 6) is 0.602. The van der Waals surface area contributed by atoms with E-state index in [0.717, 1.165) is 42.5 Å². The number of nitrogens with zero attached hydrogens (tertiary/aromatic N) is 3. The average molecular weight is 574 g/mol. The van der Waals surface area contributed by atoms with Gasteiger partial charge in [0.2, 0.25) is 0 Å². The summed E-state index contributed by atoms with van der Waals surface area (Å²) in [6.45, 7) is 0.869. The number of benzene rings is 2. The fourth-order valence-corrected chi connectivity index (χ4v) is 5.93. The molecule has 4 heterocycles. The van der Waals surface area contributed by atoms with E-state index in [4.69, 9.17) is 14.2 Å². The summed E-state index contributed by atoms with van der Waals surface area (Å²) >= 11 is 0. The van der Waals surface area contributed by atoms with Gasteiger partial charge in [0.1, 0.15) is 17.5 Å². The van der Waals surface area contributed by atoms with Crippen molar-refractivity contribution in [2.75, 3.05) is 26.8 Å². The van der Waals surface area contributed by atoms with Crippen molar-refractivity contribution in [3.8, 4) is 17.2 Å². The predicted molar refractivity (Wildman–Crippen MR) is 153 cm³/mol. The largest absolute Gasteiger partial charge is 0.493 e. The Balaban J connectivity index is 1.30. The Morgan fingerprint density at radius 3 is 2.71 bits per heavy atom. The number of fused-ring (bicyclic) bond motifs is 8. The number of methoxy groups -OCH3 is 1. The molecule has 2 atom stereocenters. The molecule has 2 N–H and O–H groups in total. The number of nitrogens with one attached hydrogen (secondary N) is 2. The molecular formula is C31H35N5O6. The van der Waals surface area contributed by atoms with Gasteiger partial charge in [-0.1, -0.05) is 12.1 Å². The lowest BCUT2D eigenvalue weighted by molar-refractivity contribution is -0.123. The molecule has 2 aromatic carbocycles. The van der Waals surface area contributed by atoms with E-state index in [1.165, 1.54) is 7.11 Å². The molecule has 1 fully saturated rings. The maximum Gasteiger partial charge on any atom is 0.272 e. The summed E-state index contributed by atoms with van der Waals surface area (Å²) in [6.07, 6.45) is 4.04. The molecule has 3 amide bonds. The van der Waals surface area contributed by atoms with Crippen LogP contribution in [0.5, 0.6) is 17.2 Å². The summed E-state index contributed by atoms with van der Waals surface area (Å²) in [4.78, 5) is 41.6. The SMILES string of the molecule is COc1ccc2cc1OCC(=O)NCc1ccc(cc1)O[C@@H]1CCN(C(=O)c3c4c(nn3C)CCCC4)C[C@@H]1NC2=O. The van der Waals surface area contributed by atoms with Crippen molar-refractivity contribution in [1.29, 1.82) is 0 Å². The minimum atomic E-state index is -0.482. The topological polar surface area (TPSA) is 124 Å². The number of carbonyl (C=O) groups is 3. The molecule has 0 unspecified atom stereocenters. The number of ether oxygens (including phenoxy) is 3. The van der Waals surface area contributed by atoms with Crippen molar-refractivity contribution in [2.24, 2.45) is 7.05 Å². The molecule has 4 bridgehead atoms. The van der Waals surface area contributed by atoms with Gasteiger partial charge in [-0.15, -0.1) is 0 Å². The highest BCUT2D eigenvalue weighted by atomic mass is 16.5. The summed E-state index contributed by atoms with van der Waals surface area (Å²) in [5.41, 5.74) is 3.93. The van der Waals surface area contributed by atoms with E-state index in [-0.39, 0.29) is 42.7 Å². The highest BCUT2D eigenvalue weighted by Crippen LogP contribution is 2.30.